The lowest BCUT2D eigenvalue weighted by Crippen LogP contribution is -1.95. The van der Waals surface area contributed by atoms with Gasteiger partial charge in [0.2, 0.25) is 0 Å². The van der Waals surface area contributed by atoms with Gasteiger partial charge < -0.3 is 10.5 Å². The largest absolute Gasteiger partial charge is 0.497 e. The van der Waals surface area contributed by atoms with E-state index in [-0.39, 0.29) is 0 Å². The van der Waals surface area contributed by atoms with Crippen LogP contribution in [0.1, 0.15) is 11.1 Å². The zero-order chi connectivity index (χ0) is 12.3. The van der Waals surface area contributed by atoms with Crippen molar-refractivity contribution in [2.75, 3.05) is 7.11 Å². The molecule has 0 fully saturated rings. The number of ether oxygens (including phenoxy) is 1. The summed E-state index contributed by atoms with van der Waals surface area (Å²) in [7, 11) is 1.69. The lowest BCUT2D eigenvalue weighted by Gasteiger charge is -2.08. The minimum atomic E-state index is 0.585. The fourth-order valence-electron chi connectivity index (χ4n) is 1.91. The van der Waals surface area contributed by atoms with Gasteiger partial charge in [-0.25, -0.2) is 0 Å². The monoisotopic (exact) mass is 227 g/mol. The lowest BCUT2D eigenvalue weighted by molar-refractivity contribution is 0.414. The Kier molecular flexibility index (Phi) is 3.45. The van der Waals surface area contributed by atoms with Gasteiger partial charge in [-0.3, -0.25) is 0 Å². The quantitative estimate of drug-likeness (QED) is 0.874. The third kappa shape index (κ3) is 2.48. The van der Waals surface area contributed by atoms with Crippen LogP contribution in [0.25, 0.3) is 11.1 Å². The fourth-order valence-corrected chi connectivity index (χ4v) is 1.91. The summed E-state index contributed by atoms with van der Waals surface area (Å²) in [6.07, 6.45) is 0. The third-order valence-electron chi connectivity index (χ3n) is 2.93. The molecule has 0 spiro atoms. The van der Waals surface area contributed by atoms with Crippen LogP contribution < -0.4 is 10.5 Å². The second-order valence-corrected chi connectivity index (χ2v) is 4.08. The predicted octanol–water partition coefficient (Wildman–Crippen LogP) is 3.13. The maximum absolute atomic E-state index is 5.59. The number of methoxy groups -OCH3 is 1. The Hall–Kier alpha value is -1.80. The van der Waals surface area contributed by atoms with Crippen molar-refractivity contribution >= 4 is 0 Å². The summed E-state index contributed by atoms with van der Waals surface area (Å²) in [5.74, 6) is 0.893. The third-order valence-corrected chi connectivity index (χ3v) is 2.93. The van der Waals surface area contributed by atoms with Crippen LogP contribution in [-0.2, 0) is 6.54 Å². The van der Waals surface area contributed by atoms with Gasteiger partial charge in [0.05, 0.1) is 7.11 Å². The Balaban J connectivity index is 2.38. The normalized spacial score (nSPS) is 10.3. The molecule has 2 aromatic rings. The standard InChI is InChI=1S/C15H17NO/c1-11-9-14(17-2)7-8-15(11)13-5-3-12(10-16)4-6-13/h3-9H,10,16H2,1-2H3. The summed E-state index contributed by atoms with van der Waals surface area (Å²) in [5.41, 5.74) is 10.4. The van der Waals surface area contributed by atoms with E-state index in [0.717, 1.165) is 11.3 Å². The van der Waals surface area contributed by atoms with Crippen LogP contribution >= 0.6 is 0 Å². The summed E-state index contributed by atoms with van der Waals surface area (Å²) < 4.78 is 5.21. The molecule has 0 aliphatic carbocycles. The average molecular weight is 227 g/mol. The number of rotatable bonds is 3. The molecule has 0 aliphatic rings. The van der Waals surface area contributed by atoms with Crippen LogP contribution in [0, 0.1) is 6.92 Å². The van der Waals surface area contributed by atoms with Gasteiger partial charge in [0.15, 0.2) is 0 Å². The molecule has 0 atom stereocenters. The Morgan fingerprint density at radius 1 is 1.06 bits per heavy atom. The first-order chi connectivity index (χ1) is 8.24. The number of aryl methyl sites for hydroxylation is 1. The molecule has 0 radical (unpaired) electrons. The van der Waals surface area contributed by atoms with E-state index in [1.165, 1.54) is 16.7 Å². The van der Waals surface area contributed by atoms with E-state index in [0.29, 0.717) is 6.54 Å². The molecule has 2 aromatic carbocycles. The Morgan fingerprint density at radius 2 is 1.76 bits per heavy atom. The second-order valence-electron chi connectivity index (χ2n) is 4.08. The first-order valence-corrected chi connectivity index (χ1v) is 5.68. The fraction of sp³-hybridized carbons (Fsp3) is 0.200. The van der Waals surface area contributed by atoms with Crippen molar-refractivity contribution in [3.63, 3.8) is 0 Å². The van der Waals surface area contributed by atoms with Gasteiger partial charge in [-0.1, -0.05) is 30.3 Å². The second kappa shape index (κ2) is 5.02. The topological polar surface area (TPSA) is 35.2 Å². The molecule has 0 saturated carbocycles. The Labute approximate surface area is 102 Å². The SMILES string of the molecule is COc1ccc(-c2ccc(CN)cc2)c(C)c1. The maximum Gasteiger partial charge on any atom is 0.119 e. The summed E-state index contributed by atoms with van der Waals surface area (Å²) in [4.78, 5) is 0. The van der Waals surface area contributed by atoms with Crippen LogP contribution in [0.5, 0.6) is 5.75 Å². The summed E-state index contributed by atoms with van der Waals surface area (Å²) >= 11 is 0. The van der Waals surface area contributed by atoms with Crippen LogP contribution in [0.4, 0.5) is 0 Å². The molecule has 17 heavy (non-hydrogen) atoms. The van der Waals surface area contributed by atoms with Crippen LogP contribution in [0.2, 0.25) is 0 Å². The molecule has 2 heteroatoms. The molecular weight excluding hydrogens is 210 g/mol. The Bertz CT molecular complexity index is 503. The molecule has 2 rings (SSSR count). The highest BCUT2D eigenvalue weighted by atomic mass is 16.5. The summed E-state index contributed by atoms with van der Waals surface area (Å²) in [6.45, 7) is 2.68. The van der Waals surface area contributed by atoms with Crippen LogP contribution in [0.15, 0.2) is 42.5 Å². The molecule has 0 bridgehead atoms. The highest BCUT2D eigenvalue weighted by Crippen LogP contribution is 2.26. The van der Waals surface area contributed by atoms with Gasteiger partial charge in [0.25, 0.3) is 0 Å². The lowest BCUT2D eigenvalue weighted by atomic mass is 9.99. The summed E-state index contributed by atoms with van der Waals surface area (Å²) in [5, 5.41) is 0. The molecule has 0 aromatic heterocycles. The van der Waals surface area contributed by atoms with E-state index < -0.39 is 0 Å². The summed E-state index contributed by atoms with van der Waals surface area (Å²) in [6, 6.07) is 14.5. The van der Waals surface area contributed by atoms with Crippen molar-refractivity contribution in [1.82, 2.24) is 0 Å². The molecule has 0 saturated heterocycles. The molecule has 0 amide bonds. The van der Waals surface area contributed by atoms with E-state index >= 15 is 0 Å². The van der Waals surface area contributed by atoms with E-state index in [1.807, 2.05) is 12.1 Å². The Morgan fingerprint density at radius 3 is 2.29 bits per heavy atom. The average Bonchev–Trinajstić information content (AvgIpc) is 2.39. The van der Waals surface area contributed by atoms with E-state index in [9.17, 15) is 0 Å². The first kappa shape index (κ1) is 11.7. The molecular formula is C15H17NO. The smallest absolute Gasteiger partial charge is 0.119 e. The molecule has 0 unspecified atom stereocenters. The molecule has 2 nitrogen and oxygen atoms in total. The molecule has 0 heterocycles. The van der Waals surface area contributed by atoms with Gasteiger partial charge in [-0.15, -0.1) is 0 Å². The predicted molar refractivity (Wildman–Crippen MR) is 71.1 cm³/mol. The zero-order valence-corrected chi connectivity index (χ0v) is 10.2. The highest BCUT2D eigenvalue weighted by molar-refractivity contribution is 5.68. The van der Waals surface area contributed by atoms with Crippen molar-refractivity contribution < 1.29 is 4.74 Å². The van der Waals surface area contributed by atoms with Crippen molar-refractivity contribution in [2.24, 2.45) is 5.73 Å². The van der Waals surface area contributed by atoms with Crippen LogP contribution in [-0.4, -0.2) is 7.11 Å². The van der Waals surface area contributed by atoms with Gasteiger partial charge in [-0.2, -0.15) is 0 Å². The van der Waals surface area contributed by atoms with E-state index in [1.54, 1.807) is 7.11 Å². The van der Waals surface area contributed by atoms with E-state index in [2.05, 4.69) is 37.3 Å². The minimum absolute atomic E-state index is 0.585. The van der Waals surface area contributed by atoms with Gasteiger partial charge in [0, 0.05) is 6.54 Å². The van der Waals surface area contributed by atoms with Crippen molar-refractivity contribution in [2.45, 2.75) is 13.5 Å². The molecule has 88 valence electrons. The molecule has 0 aliphatic heterocycles. The van der Waals surface area contributed by atoms with Crippen molar-refractivity contribution in [1.29, 1.82) is 0 Å². The highest BCUT2D eigenvalue weighted by Gasteiger charge is 2.03. The maximum atomic E-state index is 5.59. The van der Waals surface area contributed by atoms with Gasteiger partial charge in [-0.05, 0) is 41.3 Å². The zero-order valence-electron chi connectivity index (χ0n) is 10.2. The number of hydrogen-bond donors (Lipinski definition) is 1. The minimum Gasteiger partial charge on any atom is -0.497 e. The number of hydrogen-bond acceptors (Lipinski definition) is 2. The number of benzene rings is 2. The first-order valence-electron chi connectivity index (χ1n) is 5.68. The van der Waals surface area contributed by atoms with E-state index in [4.69, 9.17) is 10.5 Å². The number of nitrogens with two attached hydrogens (primary N) is 1. The van der Waals surface area contributed by atoms with Gasteiger partial charge >= 0.3 is 0 Å². The van der Waals surface area contributed by atoms with Crippen molar-refractivity contribution in [3.05, 3.63) is 53.6 Å². The van der Waals surface area contributed by atoms with Gasteiger partial charge in [0.1, 0.15) is 5.75 Å². The molecule has 2 N–H and O–H groups in total. The van der Waals surface area contributed by atoms with Crippen LogP contribution in [0.3, 0.4) is 0 Å². The van der Waals surface area contributed by atoms with Crippen molar-refractivity contribution in [3.8, 4) is 16.9 Å².